The SMILES string of the molecule is COc1nc(C)cc(C)c1CNC(=O)C(=O)Nc1ccc(C)cc1C. The highest BCUT2D eigenvalue weighted by atomic mass is 16.5. The molecule has 2 rings (SSSR count). The Hall–Kier alpha value is -2.89. The highest BCUT2D eigenvalue weighted by Crippen LogP contribution is 2.20. The Bertz CT molecular complexity index is 816. The van der Waals surface area contributed by atoms with Crippen LogP contribution in [0.25, 0.3) is 0 Å². The molecule has 2 amide bonds. The van der Waals surface area contributed by atoms with Crippen molar-refractivity contribution in [2.45, 2.75) is 34.2 Å². The van der Waals surface area contributed by atoms with Crippen LogP contribution in [0.4, 0.5) is 5.69 Å². The molecular weight excluding hydrogens is 318 g/mol. The molecule has 1 aromatic heterocycles. The number of amides is 2. The molecule has 132 valence electrons. The second kappa shape index (κ2) is 7.79. The van der Waals surface area contributed by atoms with E-state index in [1.54, 1.807) is 6.07 Å². The standard InChI is InChI=1S/C19H23N3O3/c1-11-6-7-16(13(3)8-11)22-18(24)17(23)20-10-15-12(2)9-14(4)21-19(15)25-5/h6-9H,10H2,1-5H3,(H,20,23)(H,22,24). The molecule has 0 atom stereocenters. The first-order chi connectivity index (χ1) is 11.8. The molecule has 6 nitrogen and oxygen atoms in total. The van der Waals surface area contributed by atoms with Crippen molar-refractivity contribution in [3.05, 3.63) is 52.2 Å². The molecule has 0 saturated heterocycles. The van der Waals surface area contributed by atoms with Crippen molar-refractivity contribution in [2.75, 3.05) is 12.4 Å². The van der Waals surface area contributed by atoms with Gasteiger partial charge in [0.2, 0.25) is 5.88 Å². The third-order valence-corrected chi connectivity index (χ3v) is 3.89. The van der Waals surface area contributed by atoms with Crippen LogP contribution < -0.4 is 15.4 Å². The van der Waals surface area contributed by atoms with Crippen molar-refractivity contribution in [3.63, 3.8) is 0 Å². The zero-order valence-electron chi connectivity index (χ0n) is 15.2. The lowest BCUT2D eigenvalue weighted by Gasteiger charge is -2.13. The van der Waals surface area contributed by atoms with Crippen LogP contribution in [-0.2, 0) is 16.1 Å². The van der Waals surface area contributed by atoms with E-state index < -0.39 is 11.8 Å². The summed E-state index contributed by atoms with van der Waals surface area (Å²) in [4.78, 5) is 28.5. The van der Waals surface area contributed by atoms with Crippen LogP contribution in [0.3, 0.4) is 0 Å². The number of hydrogen-bond donors (Lipinski definition) is 2. The summed E-state index contributed by atoms with van der Waals surface area (Å²) < 4.78 is 5.26. The van der Waals surface area contributed by atoms with E-state index in [-0.39, 0.29) is 6.54 Å². The van der Waals surface area contributed by atoms with Crippen molar-refractivity contribution in [1.29, 1.82) is 0 Å². The summed E-state index contributed by atoms with van der Waals surface area (Å²) in [7, 11) is 1.53. The number of nitrogens with zero attached hydrogens (tertiary/aromatic N) is 1. The molecule has 0 aliphatic heterocycles. The molecule has 2 aromatic rings. The molecular formula is C19H23N3O3. The Kier molecular flexibility index (Phi) is 5.75. The Balaban J connectivity index is 2.04. The fourth-order valence-corrected chi connectivity index (χ4v) is 2.59. The van der Waals surface area contributed by atoms with E-state index in [1.807, 2.05) is 45.9 Å². The monoisotopic (exact) mass is 341 g/mol. The fourth-order valence-electron chi connectivity index (χ4n) is 2.59. The Morgan fingerprint density at radius 2 is 1.76 bits per heavy atom. The molecule has 1 heterocycles. The number of carbonyl (C=O) groups excluding carboxylic acids is 2. The van der Waals surface area contributed by atoms with Gasteiger partial charge in [0.15, 0.2) is 0 Å². The Morgan fingerprint density at radius 1 is 1.04 bits per heavy atom. The van der Waals surface area contributed by atoms with Gasteiger partial charge in [0.05, 0.1) is 7.11 Å². The van der Waals surface area contributed by atoms with Gasteiger partial charge in [0.1, 0.15) is 0 Å². The van der Waals surface area contributed by atoms with Gasteiger partial charge in [-0.1, -0.05) is 17.7 Å². The van der Waals surface area contributed by atoms with Gasteiger partial charge in [-0.05, 0) is 51.0 Å². The molecule has 1 aromatic carbocycles. The average Bonchev–Trinajstić information content (AvgIpc) is 2.55. The molecule has 0 unspecified atom stereocenters. The van der Waals surface area contributed by atoms with Gasteiger partial charge in [-0.25, -0.2) is 4.98 Å². The van der Waals surface area contributed by atoms with Gasteiger partial charge < -0.3 is 15.4 Å². The van der Waals surface area contributed by atoms with Gasteiger partial charge in [-0.3, -0.25) is 9.59 Å². The lowest BCUT2D eigenvalue weighted by molar-refractivity contribution is -0.136. The summed E-state index contributed by atoms with van der Waals surface area (Å²) in [6, 6.07) is 7.51. The topological polar surface area (TPSA) is 80.3 Å². The van der Waals surface area contributed by atoms with E-state index in [4.69, 9.17) is 4.74 Å². The van der Waals surface area contributed by atoms with Gasteiger partial charge in [0.25, 0.3) is 0 Å². The zero-order valence-corrected chi connectivity index (χ0v) is 15.2. The zero-order chi connectivity index (χ0) is 18.6. The molecule has 0 fully saturated rings. The smallest absolute Gasteiger partial charge is 0.313 e. The maximum atomic E-state index is 12.1. The maximum Gasteiger partial charge on any atom is 0.313 e. The number of carbonyl (C=O) groups is 2. The van der Waals surface area contributed by atoms with Gasteiger partial charge in [0, 0.05) is 23.5 Å². The molecule has 0 saturated carbocycles. The number of anilines is 1. The summed E-state index contributed by atoms with van der Waals surface area (Å²) in [5.74, 6) is -0.960. The van der Waals surface area contributed by atoms with Crippen LogP contribution in [0.5, 0.6) is 5.88 Å². The summed E-state index contributed by atoms with van der Waals surface area (Å²) in [6.07, 6.45) is 0. The molecule has 0 radical (unpaired) electrons. The molecule has 6 heteroatoms. The van der Waals surface area contributed by atoms with E-state index in [0.717, 1.165) is 27.9 Å². The molecule has 2 N–H and O–H groups in total. The molecule has 0 aliphatic rings. The van der Waals surface area contributed by atoms with E-state index in [2.05, 4.69) is 15.6 Å². The van der Waals surface area contributed by atoms with Gasteiger partial charge in [-0.2, -0.15) is 0 Å². The van der Waals surface area contributed by atoms with E-state index in [1.165, 1.54) is 7.11 Å². The highest BCUT2D eigenvalue weighted by molar-refractivity contribution is 6.39. The van der Waals surface area contributed by atoms with E-state index in [0.29, 0.717) is 11.6 Å². The Labute approximate surface area is 147 Å². The summed E-state index contributed by atoms with van der Waals surface area (Å²) in [5, 5.41) is 5.24. The first-order valence-corrected chi connectivity index (χ1v) is 7.99. The lowest BCUT2D eigenvalue weighted by Crippen LogP contribution is -2.35. The van der Waals surface area contributed by atoms with Crippen LogP contribution in [0.15, 0.2) is 24.3 Å². The normalized spacial score (nSPS) is 10.3. The lowest BCUT2D eigenvalue weighted by atomic mass is 10.1. The Morgan fingerprint density at radius 3 is 2.40 bits per heavy atom. The predicted octanol–water partition coefficient (Wildman–Crippen LogP) is 2.58. The van der Waals surface area contributed by atoms with Crippen molar-refractivity contribution >= 4 is 17.5 Å². The fraction of sp³-hybridized carbons (Fsp3) is 0.316. The van der Waals surface area contributed by atoms with E-state index >= 15 is 0 Å². The minimum atomic E-state index is -0.706. The summed E-state index contributed by atoms with van der Waals surface area (Å²) in [5.41, 5.74) is 5.14. The third kappa shape index (κ3) is 4.56. The number of nitrogens with one attached hydrogen (secondary N) is 2. The van der Waals surface area contributed by atoms with E-state index in [9.17, 15) is 9.59 Å². The first kappa shape index (κ1) is 18.4. The third-order valence-electron chi connectivity index (χ3n) is 3.89. The number of benzene rings is 1. The average molecular weight is 341 g/mol. The van der Waals surface area contributed by atoms with Crippen molar-refractivity contribution in [3.8, 4) is 5.88 Å². The minimum Gasteiger partial charge on any atom is -0.481 e. The van der Waals surface area contributed by atoms with Crippen LogP contribution in [0.1, 0.15) is 27.9 Å². The molecule has 0 bridgehead atoms. The van der Waals surface area contributed by atoms with Crippen molar-refractivity contribution in [1.82, 2.24) is 10.3 Å². The predicted molar refractivity (Wildman–Crippen MR) is 96.7 cm³/mol. The van der Waals surface area contributed by atoms with Crippen LogP contribution in [0, 0.1) is 27.7 Å². The van der Waals surface area contributed by atoms with Gasteiger partial charge in [-0.15, -0.1) is 0 Å². The van der Waals surface area contributed by atoms with Gasteiger partial charge >= 0.3 is 11.8 Å². The molecule has 0 aliphatic carbocycles. The van der Waals surface area contributed by atoms with Crippen LogP contribution >= 0.6 is 0 Å². The number of ether oxygens (including phenoxy) is 1. The number of methoxy groups -OCH3 is 1. The maximum absolute atomic E-state index is 12.1. The second-order valence-corrected chi connectivity index (χ2v) is 6.02. The summed E-state index contributed by atoms with van der Waals surface area (Å²) >= 11 is 0. The quantitative estimate of drug-likeness (QED) is 0.838. The minimum absolute atomic E-state index is 0.168. The van der Waals surface area contributed by atoms with Crippen molar-refractivity contribution in [2.24, 2.45) is 0 Å². The second-order valence-electron chi connectivity index (χ2n) is 6.02. The number of aromatic nitrogens is 1. The molecule has 25 heavy (non-hydrogen) atoms. The number of hydrogen-bond acceptors (Lipinski definition) is 4. The van der Waals surface area contributed by atoms with Crippen LogP contribution in [-0.4, -0.2) is 23.9 Å². The first-order valence-electron chi connectivity index (χ1n) is 7.99. The number of pyridine rings is 1. The van der Waals surface area contributed by atoms with Crippen molar-refractivity contribution < 1.29 is 14.3 Å². The number of rotatable bonds is 4. The van der Waals surface area contributed by atoms with Crippen LogP contribution in [0.2, 0.25) is 0 Å². The largest absolute Gasteiger partial charge is 0.481 e. The molecule has 0 spiro atoms. The number of aryl methyl sites for hydroxylation is 4. The highest BCUT2D eigenvalue weighted by Gasteiger charge is 2.17. The summed E-state index contributed by atoms with van der Waals surface area (Å²) in [6.45, 7) is 7.80.